The van der Waals surface area contributed by atoms with Crippen molar-refractivity contribution in [2.75, 3.05) is 11.9 Å². The number of aryl methyl sites for hydroxylation is 2. The quantitative estimate of drug-likeness (QED) is 0.481. The normalized spacial score (nSPS) is 11.7. The molecule has 0 spiro atoms. The summed E-state index contributed by atoms with van der Waals surface area (Å²) >= 11 is 0. The van der Waals surface area contributed by atoms with Crippen LogP contribution in [0, 0.1) is 13.8 Å². The second-order valence-electron chi connectivity index (χ2n) is 7.66. The maximum absolute atomic E-state index is 12.8. The van der Waals surface area contributed by atoms with Crippen molar-refractivity contribution in [1.82, 2.24) is 5.32 Å². The Kier molecular flexibility index (Phi) is 7.81. The summed E-state index contributed by atoms with van der Waals surface area (Å²) in [5.74, 6) is -0.232. The molecule has 0 heterocycles. The van der Waals surface area contributed by atoms with E-state index >= 15 is 0 Å². The largest absolute Gasteiger partial charge is 0.447 e. The van der Waals surface area contributed by atoms with Crippen molar-refractivity contribution >= 4 is 23.8 Å². The molecule has 1 atom stereocenters. The summed E-state index contributed by atoms with van der Waals surface area (Å²) in [7, 11) is 0. The van der Waals surface area contributed by atoms with Crippen molar-refractivity contribution in [3.8, 4) is 0 Å². The van der Waals surface area contributed by atoms with Crippen LogP contribution in [0.25, 0.3) is 6.08 Å². The summed E-state index contributed by atoms with van der Waals surface area (Å²) < 4.78 is 5.46. The van der Waals surface area contributed by atoms with Gasteiger partial charge in [-0.15, -0.1) is 0 Å². The minimum Gasteiger partial charge on any atom is -0.447 e. The highest BCUT2D eigenvalue weighted by Crippen LogP contribution is 2.17. The summed E-state index contributed by atoms with van der Waals surface area (Å²) in [5, 5.41) is 5.73. The number of allylic oxidation sites excluding steroid dienone is 1. The van der Waals surface area contributed by atoms with E-state index < -0.39 is 12.1 Å². The second kappa shape index (κ2) is 11.0. The molecule has 2 N–H and O–H groups in total. The van der Waals surface area contributed by atoms with E-state index in [1.807, 2.05) is 93.6 Å². The Morgan fingerprint density at radius 1 is 0.938 bits per heavy atom. The lowest BCUT2D eigenvalue weighted by molar-refractivity contribution is 0.0901. The number of ether oxygens (including phenoxy) is 1. The molecule has 0 fully saturated rings. The van der Waals surface area contributed by atoms with Gasteiger partial charge in [0.1, 0.15) is 6.61 Å². The molecule has 3 aromatic rings. The zero-order chi connectivity index (χ0) is 22.9. The monoisotopic (exact) mass is 428 g/mol. The van der Waals surface area contributed by atoms with E-state index in [4.69, 9.17) is 4.74 Å². The van der Waals surface area contributed by atoms with E-state index in [0.29, 0.717) is 11.3 Å². The molecule has 32 heavy (non-hydrogen) atoms. The molecule has 3 aromatic carbocycles. The van der Waals surface area contributed by atoms with E-state index in [1.165, 1.54) is 0 Å². The average Bonchev–Trinajstić information content (AvgIpc) is 2.77. The van der Waals surface area contributed by atoms with Gasteiger partial charge in [-0.2, -0.15) is 0 Å². The summed E-state index contributed by atoms with van der Waals surface area (Å²) in [5.41, 5.74) is 5.19. The highest BCUT2D eigenvalue weighted by Gasteiger charge is 2.18. The van der Waals surface area contributed by atoms with Crippen molar-refractivity contribution in [3.63, 3.8) is 0 Å². The van der Waals surface area contributed by atoms with Crippen LogP contribution in [-0.4, -0.2) is 18.6 Å². The fourth-order valence-corrected chi connectivity index (χ4v) is 3.45. The predicted octanol–water partition coefficient (Wildman–Crippen LogP) is 6.06. The maximum Gasteiger partial charge on any atom is 0.411 e. The topological polar surface area (TPSA) is 67.4 Å². The molecule has 0 unspecified atom stereocenters. The number of nitrogens with one attached hydrogen (secondary N) is 2. The molecule has 0 bridgehead atoms. The van der Waals surface area contributed by atoms with Gasteiger partial charge < -0.3 is 10.1 Å². The molecule has 5 nitrogen and oxygen atoms in total. The number of benzene rings is 3. The van der Waals surface area contributed by atoms with Gasteiger partial charge in [0.15, 0.2) is 0 Å². The minimum absolute atomic E-state index is 0.00302. The van der Waals surface area contributed by atoms with Crippen molar-refractivity contribution in [3.05, 3.63) is 107 Å². The first-order chi connectivity index (χ1) is 15.4. The van der Waals surface area contributed by atoms with Gasteiger partial charge in [-0.05, 0) is 67.3 Å². The molecular formula is C27H28N2O3. The average molecular weight is 429 g/mol. The van der Waals surface area contributed by atoms with E-state index in [9.17, 15) is 9.59 Å². The number of carbonyl (C=O) groups is 2. The molecule has 164 valence electrons. The number of rotatable bonds is 7. The molecular weight excluding hydrogens is 400 g/mol. The zero-order valence-electron chi connectivity index (χ0n) is 18.6. The molecule has 0 saturated carbocycles. The van der Waals surface area contributed by atoms with Gasteiger partial charge in [0.2, 0.25) is 0 Å². The van der Waals surface area contributed by atoms with E-state index in [0.717, 1.165) is 22.3 Å². The van der Waals surface area contributed by atoms with Crippen molar-refractivity contribution in [1.29, 1.82) is 0 Å². The highest BCUT2D eigenvalue weighted by atomic mass is 16.5. The third kappa shape index (κ3) is 6.57. The highest BCUT2D eigenvalue weighted by molar-refractivity contribution is 5.94. The lowest BCUT2D eigenvalue weighted by atomic mass is 10.1. The first kappa shape index (κ1) is 22.8. The van der Waals surface area contributed by atoms with Crippen molar-refractivity contribution in [2.24, 2.45) is 0 Å². The van der Waals surface area contributed by atoms with Crippen LogP contribution in [0.3, 0.4) is 0 Å². The fourth-order valence-electron chi connectivity index (χ4n) is 3.45. The number of amides is 2. The zero-order valence-corrected chi connectivity index (χ0v) is 18.6. The van der Waals surface area contributed by atoms with Crippen molar-refractivity contribution in [2.45, 2.75) is 26.8 Å². The molecule has 0 saturated heterocycles. The Morgan fingerprint density at radius 3 is 2.22 bits per heavy atom. The number of hydrogen-bond acceptors (Lipinski definition) is 3. The smallest absolute Gasteiger partial charge is 0.411 e. The number of carbonyl (C=O) groups excluding carboxylic acids is 2. The van der Waals surface area contributed by atoms with Crippen LogP contribution < -0.4 is 10.6 Å². The van der Waals surface area contributed by atoms with Crippen LogP contribution >= 0.6 is 0 Å². The molecule has 0 aromatic heterocycles. The Bertz CT molecular complexity index is 1070. The number of anilines is 1. The third-order valence-corrected chi connectivity index (χ3v) is 4.89. The van der Waals surface area contributed by atoms with Gasteiger partial charge in [0.05, 0.1) is 6.04 Å². The van der Waals surface area contributed by atoms with E-state index in [-0.39, 0.29) is 12.5 Å². The molecule has 0 radical (unpaired) electrons. The van der Waals surface area contributed by atoms with Crippen LogP contribution in [0.15, 0.2) is 78.9 Å². The third-order valence-electron chi connectivity index (χ3n) is 4.89. The van der Waals surface area contributed by atoms with Crippen LogP contribution in [0.2, 0.25) is 0 Å². The summed E-state index contributed by atoms with van der Waals surface area (Å²) in [6, 6.07) is 22.1. The first-order valence-corrected chi connectivity index (χ1v) is 10.6. The van der Waals surface area contributed by atoms with Crippen LogP contribution in [-0.2, 0) is 4.74 Å². The van der Waals surface area contributed by atoms with Gasteiger partial charge in [-0.3, -0.25) is 10.1 Å². The molecule has 0 aliphatic heterocycles. The van der Waals surface area contributed by atoms with Gasteiger partial charge in [-0.1, -0.05) is 60.7 Å². The van der Waals surface area contributed by atoms with Gasteiger partial charge >= 0.3 is 6.09 Å². The standard InChI is InChI=1S/C27H28N2O3/c1-4-8-21-11-13-23(14-12-21)26(30)29-25(22-9-6-5-7-10-22)18-32-27(31)28-24-16-19(2)15-20(3)17-24/h4-17,25H,18H2,1-3H3,(H,28,31)(H,29,30)/b8-4+/t25-/m1/s1. The lowest BCUT2D eigenvalue weighted by Gasteiger charge is -2.20. The summed E-state index contributed by atoms with van der Waals surface area (Å²) in [4.78, 5) is 25.2. The molecule has 0 aliphatic carbocycles. The molecule has 5 heteroatoms. The maximum atomic E-state index is 12.8. The lowest BCUT2D eigenvalue weighted by Crippen LogP contribution is -2.32. The fraction of sp³-hybridized carbons (Fsp3) is 0.185. The number of hydrogen-bond donors (Lipinski definition) is 2. The SMILES string of the molecule is C/C=C/c1ccc(C(=O)N[C@H](COC(=O)Nc2cc(C)cc(C)c2)c2ccccc2)cc1. The predicted molar refractivity (Wildman–Crippen MR) is 129 cm³/mol. The molecule has 2 amide bonds. The van der Waals surface area contributed by atoms with Gasteiger partial charge in [0, 0.05) is 11.3 Å². The Morgan fingerprint density at radius 2 is 1.59 bits per heavy atom. The van der Waals surface area contributed by atoms with E-state index in [2.05, 4.69) is 10.6 Å². The Labute approximate surface area is 189 Å². The van der Waals surface area contributed by atoms with Crippen molar-refractivity contribution < 1.29 is 14.3 Å². The van der Waals surface area contributed by atoms with Gasteiger partial charge in [0.25, 0.3) is 5.91 Å². The van der Waals surface area contributed by atoms with Crippen LogP contribution in [0.4, 0.5) is 10.5 Å². The van der Waals surface area contributed by atoms with Crippen LogP contribution in [0.5, 0.6) is 0 Å². The van der Waals surface area contributed by atoms with E-state index in [1.54, 1.807) is 12.1 Å². The second-order valence-corrected chi connectivity index (χ2v) is 7.66. The summed E-state index contributed by atoms with van der Waals surface area (Å²) in [6.07, 6.45) is 3.35. The van der Waals surface area contributed by atoms with Crippen LogP contribution in [0.1, 0.15) is 45.6 Å². The Hall–Kier alpha value is -3.86. The van der Waals surface area contributed by atoms with Gasteiger partial charge in [-0.25, -0.2) is 4.79 Å². The molecule has 3 rings (SSSR count). The first-order valence-electron chi connectivity index (χ1n) is 10.6. The minimum atomic E-state index is -0.569. The Balaban J connectivity index is 1.67. The summed E-state index contributed by atoms with van der Waals surface area (Å²) in [6.45, 7) is 5.88. The molecule has 0 aliphatic rings.